The van der Waals surface area contributed by atoms with E-state index in [1.165, 1.54) is 7.11 Å². The molecule has 2 amide bonds. The third-order valence-corrected chi connectivity index (χ3v) is 6.16. The van der Waals surface area contributed by atoms with E-state index in [-0.39, 0.29) is 22.3 Å². The number of methoxy groups -OCH3 is 1. The van der Waals surface area contributed by atoms with Gasteiger partial charge in [0.25, 0.3) is 0 Å². The molecule has 7 nitrogen and oxygen atoms in total. The molecule has 2 atom stereocenters. The third kappa shape index (κ3) is 5.08. The molecule has 1 aliphatic heterocycles. The molecule has 2 aromatic carbocycles. The number of thioether (sulfide) groups is 1. The van der Waals surface area contributed by atoms with Gasteiger partial charge in [0.2, 0.25) is 11.8 Å². The number of nitrogens with zero attached hydrogens (tertiary/aromatic N) is 2. The van der Waals surface area contributed by atoms with Gasteiger partial charge in [-0.2, -0.15) is 10.5 Å². The molecule has 31 heavy (non-hydrogen) atoms. The maximum absolute atomic E-state index is 12.6. The zero-order valence-corrected chi connectivity index (χ0v) is 18.8. The molecule has 156 valence electrons. The molecule has 0 bridgehead atoms. The number of benzene rings is 2. The van der Waals surface area contributed by atoms with E-state index >= 15 is 0 Å². The van der Waals surface area contributed by atoms with Gasteiger partial charge >= 0.3 is 0 Å². The summed E-state index contributed by atoms with van der Waals surface area (Å²) in [7, 11) is 1.49. The number of anilines is 1. The van der Waals surface area contributed by atoms with Crippen molar-refractivity contribution in [3.63, 3.8) is 0 Å². The molecule has 0 aliphatic carbocycles. The number of nitriles is 2. The van der Waals surface area contributed by atoms with Crippen molar-refractivity contribution in [1.82, 2.24) is 5.32 Å². The standard InChI is InChI=1S/C22H17BrN4O3S/c1-30-18-5-3-2-4-15(18)20-16(10-24)21(29)27-22(17(20)11-25)31-12-19(28)26-14-8-6-13(23)7-9-14/h2-9,16,20H,12H2,1H3,(H,26,28)(H,27,29)/t16-,20+/m0/s1. The number of halogens is 1. The van der Waals surface area contributed by atoms with Crippen LogP contribution in [0.2, 0.25) is 0 Å². The second-order valence-electron chi connectivity index (χ2n) is 6.51. The second-order valence-corrected chi connectivity index (χ2v) is 8.42. The van der Waals surface area contributed by atoms with Crippen molar-refractivity contribution in [2.75, 3.05) is 18.2 Å². The van der Waals surface area contributed by atoms with Gasteiger partial charge in [-0.3, -0.25) is 9.59 Å². The van der Waals surface area contributed by atoms with Crippen LogP contribution in [0.25, 0.3) is 0 Å². The van der Waals surface area contributed by atoms with E-state index in [2.05, 4.69) is 32.6 Å². The molecule has 0 saturated heterocycles. The normalized spacial score (nSPS) is 17.9. The van der Waals surface area contributed by atoms with E-state index in [0.29, 0.717) is 17.0 Å². The zero-order valence-electron chi connectivity index (χ0n) is 16.4. The Morgan fingerprint density at radius 3 is 2.58 bits per heavy atom. The van der Waals surface area contributed by atoms with Crippen LogP contribution in [0.4, 0.5) is 5.69 Å². The molecular formula is C22H17BrN4O3S. The Balaban J connectivity index is 1.87. The number of nitrogens with one attached hydrogen (secondary N) is 2. The molecule has 2 aromatic rings. The van der Waals surface area contributed by atoms with Gasteiger partial charge in [-0.15, -0.1) is 0 Å². The fourth-order valence-corrected chi connectivity index (χ4v) is 4.32. The lowest BCUT2D eigenvalue weighted by Crippen LogP contribution is -2.39. The van der Waals surface area contributed by atoms with E-state index in [4.69, 9.17) is 4.74 Å². The van der Waals surface area contributed by atoms with E-state index in [9.17, 15) is 20.1 Å². The highest BCUT2D eigenvalue weighted by molar-refractivity contribution is 9.10. The minimum Gasteiger partial charge on any atom is -0.496 e. The summed E-state index contributed by atoms with van der Waals surface area (Å²) in [6.07, 6.45) is 0. The summed E-state index contributed by atoms with van der Waals surface area (Å²) in [6.45, 7) is 0. The van der Waals surface area contributed by atoms with Crippen LogP contribution < -0.4 is 15.4 Å². The molecular weight excluding hydrogens is 480 g/mol. The summed E-state index contributed by atoms with van der Waals surface area (Å²) in [4.78, 5) is 25.0. The van der Waals surface area contributed by atoms with Crippen LogP contribution in [0.5, 0.6) is 5.75 Å². The van der Waals surface area contributed by atoms with Crippen molar-refractivity contribution in [3.05, 3.63) is 69.2 Å². The van der Waals surface area contributed by atoms with Crippen molar-refractivity contribution in [3.8, 4) is 17.9 Å². The molecule has 0 fully saturated rings. The van der Waals surface area contributed by atoms with Gasteiger partial charge in [-0.05, 0) is 30.3 Å². The van der Waals surface area contributed by atoms with Crippen LogP contribution >= 0.6 is 27.7 Å². The first-order valence-electron chi connectivity index (χ1n) is 9.14. The van der Waals surface area contributed by atoms with Crippen molar-refractivity contribution >= 4 is 45.2 Å². The van der Waals surface area contributed by atoms with E-state index in [0.717, 1.165) is 16.2 Å². The molecule has 9 heteroatoms. The fraction of sp³-hybridized carbons (Fsp3) is 0.182. The van der Waals surface area contributed by atoms with Crippen LogP contribution in [0.1, 0.15) is 11.5 Å². The Bertz CT molecular complexity index is 1120. The van der Waals surface area contributed by atoms with Crippen LogP contribution in [0.3, 0.4) is 0 Å². The number of allylic oxidation sites excluding steroid dienone is 1. The molecule has 0 aromatic heterocycles. The first-order valence-corrected chi connectivity index (χ1v) is 10.9. The van der Waals surface area contributed by atoms with Crippen molar-refractivity contribution in [1.29, 1.82) is 10.5 Å². The van der Waals surface area contributed by atoms with Gasteiger partial charge in [0, 0.05) is 15.7 Å². The number of hydrogen-bond donors (Lipinski definition) is 2. The largest absolute Gasteiger partial charge is 0.496 e. The van der Waals surface area contributed by atoms with Gasteiger partial charge in [0.15, 0.2) is 0 Å². The van der Waals surface area contributed by atoms with E-state index in [1.807, 2.05) is 6.07 Å². The topological polar surface area (TPSA) is 115 Å². The first-order chi connectivity index (χ1) is 15.0. The fourth-order valence-electron chi connectivity index (χ4n) is 3.21. The maximum Gasteiger partial charge on any atom is 0.243 e. The average molecular weight is 497 g/mol. The highest BCUT2D eigenvalue weighted by Gasteiger charge is 2.40. The molecule has 1 aliphatic rings. The number of carbonyl (C=O) groups excluding carboxylic acids is 2. The summed E-state index contributed by atoms with van der Waals surface area (Å²) in [6, 6.07) is 18.2. The maximum atomic E-state index is 12.6. The highest BCUT2D eigenvalue weighted by Crippen LogP contribution is 2.42. The molecule has 2 N–H and O–H groups in total. The first kappa shape index (κ1) is 22.4. The number of hydrogen-bond acceptors (Lipinski definition) is 6. The Kier molecular flexibility index (Phi) is 7.35. The minimum absolute atomic E-state index is 0.0211. The lowest BCUT2D eigenvalue weighted by atomic mass is 9.79. The van der Waals surface area contributed by atoms with Crippen molar-refractivity contribution in [2.24, 2.45) is 5.92 Å². The van der Waals surface area contributed by atoms with Gasteiger partial charge in [0.05, 0.1) is 41.5 Å². The molecule has 0 spiro atoms. The molecule has 0 radical (unpaired) electrons. The van der Waals surface area contributed by atoms with Crippen LogP contribution in [-0.2, 0) is 9.59 Å². The summed E-state index contributed by atoms with van der Waals surface area (Å²) >= 11 is 4.38. The van der Waals surface area contributed by atoms with Gasteiger partial charge in [-0.1, -0.05) is 45.9 Å². The SMILES string of the molecule is COc1ccccc1[C@H]1C(C#N)=C(SCC(=O)Nc2ccc(Br)cc2)NC(=O)[C@H]1C#N. The number of para-hydroxylation sites is 1. The molecule has 0 saturated carbocycles. The second kappa shape index (κ2) is 10.2. The monoisotopic (exact) mass is 496 g/mol. The van der Waals surface area contributed by atoms with Crippen LogP contribution in [-0.4, -0.2) is 24.7 Å². The predicted molar refractivity (Wildman–Crippen MR) is 121 cm³/mol. The number of carbonyl (C=O) groups is 2. The Hall–Kier alpha value is -3.27. The molecule has 1 heterocycles. The van der Waals surface area contributed by atoms with Gasteiger partial charge < -0.3 is 15.4 Å². The summed E-state index contributed by atoms with van der Waals surface area (Å²) < 4.78 is 6.27. The zero-order chi connectivity index (χ0) is 22.4. The van der Waals surface area contributed by atoms with E-state index < -0.39 is 17.7 Å². The smallest absolute Gasteiger partial charge is 0.243 e. The highest BCUT2D eigenvalue weighted by atomic mass is 79.9. The van der Waals surface area contributed by atoms with Crippen LogP contribution in [0.15, 0.2) is 63.6 Å². The van der Waals surface area contributed by atoms with Gasteiger partial charge in [0.1, 0.15) is 11.7 Å². The number of amides is 2. The quantitative estimate of drug-likeness (QED) is 0.625. The van der Waals surface area contributed by atoms with Crippen molar-refractivity contribution < 1.29 is 14.3 Å². The van der Waals surface area contributed by atoms with Gasteiger partial charge in [-0.25, -0.2) is 0 Å². The van der Waals surface area contributed by atoms with Crippen molar-refractivity contribution in [2.45, 2.75) is 5.92 Å². The summed E-state index contributed by atoms with van der Waals surface area (Å²) in [5, 5.41) is 25.1. The number of ether oxygens (including phenoxy) is 1. The third-order valence-electron chi connectivity index (χ3n) is 4.62. The lowest BCUT2D eigenvalue weighted by molar-refractivity contribution is -0.123. The number of rotatable bonds is 6. The minimum atomic E-state index is -1.09. The summed E-state index contributed by atoms with van der Waals surface area (Å²) in [5.41, 5.74) is 1.42. The molecule has 3 rings (SSSR count). The summed E-state index contributed by atoms with van der Waals surface area (Å²) in [5.74, 6) is -2.24. The lowest BCUT2D eigenvalue weighted by Gasteiger charge is -2.29. The molecule has 0 unspecified atom stereocenters. The Labute approximate surface area is 192 Å². The Morgan fingerprint density at radius 2 is 1.94 bits per heavy atom. The van der Waals surface area contributed by atoms with Crippen LogP contribution in [0, 0.1) is 28.6 Å². The Morgan fingerprint density at radius 1 is 1.23 bits per heavy atom. The average Bonchev–Trinajstić information content (AvgIpc) is 2.78. The van der Waals surface area contributed by atoms with E-state index in [1.54, 1.807) is 48.5 Å². The predicted octanol–water partition coefficient (Wildman–Crippen LogP) is 3.92.